The number of nitrogens with zero attached hydrogens (tertiary/aromatic N) is 1. The van der Waals surface area contributed by atoms with Crippen molar-refractivity contribution in [2.75, 3.05) is 13.2 Å². The Balaban J connectivity index is 2.39. The van der Waals surface area contributed by atoms with Crippen LogP contribution in [0, 0.1) is 0 Å². The monoisotopic (exact) mass is 158 g/mol. The third-order valence-corrected chi connectivity index (χ3v) is 1.64. The average molecular weight is 158 g/mol. The van der Waals surface area contributed by atoms with Crippen LogP contribution in [0.25, 0.3) is 0 Å². The minimum Gasteiger partial charge on any atom is -0.320 e. The van der Waals surface area contributed by atoms with Crippen LogP contribution in [0.2, 0.25) is 0 Å². The number of nitrogens with two attached hydrogens (primary N) is 1. The van der Waals surface area contributed by atoms with Crippen LogP contribution in [0.1, 0.15) is 19.8 Å². The molecule has 0 aromatic rings. The summed E-state index contributed by atoms with van der Waals surface area (Å²) >= 11 is 0. The number of amides is 1. The first-order valence-corrected chi connectivity index (χ1v) is 3.91. The van der Waals surface area contributed by atoms with E-state index < -0.39 is 6.04 Å². The number of hydrogen-bond donors (Lipinski definition) is 1. The van der Waals surface area contributed by atoms with Gasteiger partial charge in [-0.2, -0.15) is 0 Å². The van der Waals surface area contributed by atoms with Gasteiger partial charge in [-0.25, -0.2) is 5.06 Å². The minimum atomic E-state index is -0.451. The van der Waals surface area contributed by atoms with Gasteiger partial charge < -0.3 is 5.73 Å². The molecule has 11 heavy (non-hydrogen) atoms. The van der Waals surface area contributed by atoms with E-state index in [9.17, 15) is 4.79 Å². The third kappa shape index (κ3) is 2.17. The van der Waals surface area contributed by atoms with E-state index in [1.165, 1.54) is 5.06 Å². The van der Waals surface area contributed by atoms with E-state index >= 15 is 0 Å². The van der Waals surface area contributed by atoms with E-state index in [4.69, 9.17) is 10.6 Å². The SMILES string of the molecule is C[C@H](N)C(=O)N1CCCCO1. The van der Waals surface area contributed by atoms with Crippen LogP contribution in [0.3, 0.4) is 0 Å². The smallest absolute Gasteiger partial charge is 0.262 e. The third-order valence-electron chi connectivity index (χ3n) is 1.64. The molecule has 0 aliphatic carbocycles. The molecule has 1 aliphatic rings. The molecular formula is C7H14N2O2. The van der Waals surface area contributed by atoms with Crippen LogP contribution in [-0.2, 0) is 9.63 Å². The molecule has 1 saturated heterocycles. The van der Waals surface area contributed by atoms with Crippen molar-refractivity contribution in [3.05, 3.63) is 0 Å². The number of hydroxylamine groups is 2. The lowest BCUT2D eigenvalue weighted by molar-refractivity contribution is -0.197. The largest absolute Gasteiger partial charge is 0.320 e. The second-order valence-electron chi connectivity index (χ2n) is 2.77. The molecule has 0 saturated carbocycles. The van der Waals surface area contributed by atoms with E-state index in [2.05, 4.69) is 0 Å². The quantitative estimate of drug-likeness (QED) is 0.579. The molecule has 1 fully saturated rings. The summed E-state index contributed by atoms with van der Waals surface area (Å²) in [7, 11) is 0. The van der Waals surface area contributed by atoms with Crippen molar-refractivity contribution in [2.24, 2.45) is 5.73 Å². The zero-order valence-electron chi connectivity index (χ0n) is 6.75. The van der Waals surface area contributed by atoms with E-state index in [1.54, 1.807) is 6.92 Å². The maximum absolute atomic E-state index is 11.2. The molecular weight excluding hydrogens is 144 g/mol. The summed E-state index contributed by atoms with van der Waals surface area (Å²) in [5.41, 5.74) is 5.40. The van der Waals surface area contributed by atoms with Gasteiger partial charge in [-0.1, -0.05) is 0 Å². The second-order valence-corrected chi connectivity index (χ2v) is 2.77. The Bertz CT molecular complexity index is 141. The van der Waals surface area contributed by atoms with Crippen molar-refractivity contribution >= 4 is 5.91 Å². The molecule has 64 valence electrons. The fourth-order valence-electron chi connectivity index (χ4n) is 0.998. The Morgan fingerprint density at radius 1 is 1.64 bits per heavy atom. The molecule has 1 aliphatic heterocycles. The molecule has 0 bridgehead atoms. The molecule has 4 nitrogen and oxygen atoms in total. The molecule has 2 N–H and O–H groups in total. The van der Waals surface area contributed by atoms with Crippen LogP contribution in [0.15, 0.2) is 0 Å². The van der Waals surface area contributed by atoms with Crippen molar-refractivity contribution in [3.63, 3.8) is 0 Å². The predicted octanol–water partition coefficient (Wildman–Crippen LogP) is -0.112. The van der Waals surface area contributed by atoms with Gasteiger partial charge >= 0.3 is 0 Å². The van der Waals surface area contributed by atoms with Gasteiger partial charge in [-0.15, -0.1) is 0 Å². The summed E-state index contributed by atoms with van der Waals surface area (Å²) in [6.07, 6.45) is 2.04. The van der Waals surface area contributed by atoms with E-state index in [-0.39, 0.29) is 5.91 Å². The Morgan fingerprint density at radius 3 is 2.82 bits per heavy atom. The molecule has 1 atom stereocenters. The molecule has 0 aromatic carbocycles. The molecule has 1 rings (SSSR count). The summed E-state index contributed by atoms with van der Waals surface area (Å²) in [5, 5.41) is 1.37. The highest BCUT2D eigenvalue weighted by atomic mass is 16.7. The van der Waals surface area contributed by atoms with Gasteiger partial charge in [-0.05, 0) is 19.8 Å². The van der Waals surface area contributed by atoms with Gasteiger partial charge in [0.1, 0.15) is 0 Å². The number of carbonyl (C=O) groups excluding carboxylic acids is 1. The summed E-state index contributed by atoms with van der Waals surface area (Å²) in [6.45, 7) is 2.99. The van der Waals surface area contributed by atoms with E-state index in [0.717, 1.165) is 12.8 Å². The normalized spacial score (nSPS) is 21.5. The first-order valence-electron chi connectivity index (χ1n) is 3.91. The maximum Gasteiger partial charge on any atom is 0.262 e. The summed E-state index contributed by atoms with van der Waals surface area (Å²) in [5.74, 6) is -0.121. The second kappa shape index (κ2) is 3.69. The topological polar surface area (TPSA) is 55.6 Å². The first-order chi connectivity index (χ1) is 5.22. The Labute approximate surface area is 66.3 Å². The van der Waals surface area contributed by atoms with Gasteiger partial charge in [0.25, 0.3) is 5.91 Å². The summed E-state index contributed by atoms with van der Waals surface area (Å²) in [6, 6.07) is -0.451. The molecule has 1 amide bonds. The van der Waals surface area contributed by atoms with Crippen molar-refractivity contribution < 1.29 is 9.63 Å². The summed E-state index contributed by atoms with van der Waals surface area (Å²) in [4.78, 5) is 16.3. The first kappa shape index (κ1) is 8.49. The van der Waals surface area contributed by atoms with Crippen molar-refractivity contribution in [2.45, 2.75) is 25.8 Å². The van der Waals surface area contributed by atoms with Gasteiger partial charge in [0, 0.05) is 6.54 Å². The Hall–Kier alpha value is -0.610. The highest BCUT2D eigenvalue weighted by molar-refractivity contribution is 5.80. The lowest BCUT2D eigenvalue weighted by Gasteiger charge is -2.26. The van der Waals surface area contributed by atoms with Crippen LogP contribution >= 0.6 is 0 Å². The van der Waals surface area contributed by atoms with Crippen LogP contribution in [-0.4, -0.2) is 30.2 Å². The van der Waals surface area contributed by atoms with Crippen LogP contribution in [0.4, 0.5) is 0 Å². The molecule has 0 unspecified atom stereocenters. The van der Waals surface area contributed by atoms with Crippen molar-refractivity contribution in [3.8, 4) is 0 Å². The number of carbonyl (C=O) groups is 1. The highest BCUT2D eigenvalue weighted by Crippen LogP contribution is 2.06. The zero-order chi connectivity index (χ0) is 8.27. The predicted molar refractivity (Wildman–Crippen MR) is 40.5 cm³/mol. The highest BCUT2D eigenvalue weighted by Gasteiger charge is 2.20. The molecule has 0 spiro atoms. The Morgan fingerprint density at radius 2 is 2.36 bits per heavy atom. The van der Waals surface area contributed by atoms with Crippen molar-refractivity contribution in [1.82, 2.24) is 5.06 Å². The summed E-state index contributed by atoms with van der Waals surface area (Å²) < 4.78 is 0. The molecule has 0 aromatic heterocycles. The molecule has 1 heterocycles. The van der Waals surface area contributed by atoms with Gasteiger partial charge in [-0.3, -0.25) is 9.63 Å². The van der Waals surface area contributed by atoms with E-state index in [0.29, 0.717) is 13.2 Å². The standard InChI is InChI=1S/C7H14N2O2/c1-6(8)7(10)9-4-2-3-5-11-9/h6H,2-5,8H2,1H3/t6-/m0/s1. The average Bonchev–Trinajstić information content (AvgIpc) is 2.05. The number of rotatable bonds is 1. The van der Waals surface area contributed by atoms with E-state index in [1.807, 2.05) is 0 Å². The lowest BCUT2D eigenvalue weighted by atomic mass is 10.2. The fourth-order valence-corrected chi connectivity index (χ4v) is 0.998. The van der Waals surface area contributed by atoms with Gasteiger partial charge in [0.2, 0.25) is 0 Å². The Kier molecular flexibility index (Phi) is 2.84. The molecule has 4 heteroatoms. The van der Waals surface area contributed by atoms with Gasteiger partial charge in [0.05, 0.1) is 12.6 Å². The van der Waals surface area contributed by atoms with Gasteiger partial charge in [0.15, 0.2) is 0 Å². The minimum absolute atomic E-state index is 0.121. The van der Waals surface area contributed by atoms with Crippen molar-refractivity contribution in [1.29, 1.82) is 0 Å². The van der Waals surface area contributed by atoms with Crippen LogP contribution < -0.4 is 5.73 Å². The fraction of sp³-hybridized carbons (Fsp3) is 0.857. The molecule has 0 radical (unpaired) electrons. The van der Waals surface area contributed by atoms with Crippen LogP contribution in [0.5, 0.6) is 0 Å². The number of hydrogen-bond acceptors (Lipinski definition) is 3. The zero-order valence-corrected chi connectivity index (χ0v) is 6.75. The maximum atomic E-state index is 11.2. The lowest BCUT2D eigenvalue weighted by Crippen LogP contribution is -2.44.